The monoisotopic (exact) mass is 352 g/mol. The van der Waals surface area contributed by atoms with Crippen LogP contribution in [0.4, 0.5) is 0 Å². The van der Waals surface area contributed by atoms with Gasteiger partial charge in [-0.3, -0.25) is 0 Å². The Balaban J connectivity index is 2.22. The van der Waals surface area contributed by atoms with Crippen LogP contribution >= 0.6 is 0 Å². The van der Waals surface area contributed by atoms with E-state index in [1.54, 1.807) is 0 Å². The highest BCUT2D eigenvalue weighted by Gasteiger charge is 2.40. The zero-order chi connectivity index (χ0) is 18.3. The number of allylic oxidation sites excluding steroid dienone is 3. The van der Waals surface area contributed by atoms with Crippen LogP contribution in [0.5, 0.6) is 0 Å². The minimum Gasteiger partial charge on any atom is -0.387 e. The molecule has 0 radical (unpaired) electrons. The quantitative estimate of drug-likeness (QED) is 0.766. The van der Waals surface area contributed by atoms with Gasteiger partial charge in [-0.05, 0) is 64.4 Å². The second-order valence-corrected chi connectivity index (χ2v) is 10.4. The van der Waals surface area contributed by atoms with Crippen molar-refractivity contribution in [3.8, 4) is 0 Å². The van der Waals surface area contributed by atoms with Gasteiger partial charge in [-0.2, -0.15) is 0 Å². The van der Waals surface area contributed by atoms with Crippen LogP contribution in [0.1, 0.15) is 67.2 Å². The largest absolute Gasteiger partial charge is 0.387 e. The predicted octanol–water partition coefficient (Wildman–Crippen LogP) is 4.34. The Bertz CT molecular complexity index is 705. The summed E-state index contributed by atoms with van der Waals surface area (Å²) in [7, 11) is -3.28. The molecule has 1 N–H and O–H groups in total. The first kappa shape index (κ1) is 19.5. The Kier molecular flexibility index (Phi) is 5.51. The molecule has 2 atom stereocenters. The van der Waals surface area contributed by atoms with Gasteiger partial charge >= 0.3 is 0 Å². The summed E-state index contributed by atoms with van der Waals surface area (Å²) < 4.78 is 24.7. The van der Waals surface area contributed by atoms with E-state index < -0.39 is 21.2 Å². The van der Waals surface area contributed by atoms with Crippen LogP contribution in [0.25, 0.3) is 0 Å². The Morgan fingerprint density at radius 3 is 2.42 bits per heavy atom. The van der Waals surface area contributed by atoms with Crippen molar-refractivity contribution in [1.29, 1.82) is 0 Å². The number of rotatable bonds is 4. The van der Waals surface area contributed by atoms with Gasteiger partial charge in [0.15, 0.2) is 9.84 Å². The van der Waals surface area contributed by atoms with Crippen LogP contribution in [-0.2, 0) is 9.84 Å². The summed E-state index contributed by atoms with van der Waals surface area (Å²) in [6, 6.07) is 0. The lowest BCUT2D eigenvalue weighted by molar-refractivity contribution is 0.213. The van der Waals surface area contributed by atoms with Gasteiger partial charge < -0.3 is 5.11 Å². The van der Waals surface area contributed by atoms with E-state index in [2.05, 4.69) is 20.8 Å². The van der Waals surface area contributed by atoms with E-state index in [0.29, 0.717) is 0 Å². The highest BCUT2D eigenvalue weighted by molar-refractivity contribution is 7.92. The highest BCUT2D eigenvalue weighted by Crippen LogP contribution is 2.42. The Labute approximate surface area is 147 Å². The molecule has 0 spiro atoms. The summed E-state index contributed by atoms with van der Waals surface area (Å²) in [6.07, 6.45) is 5.46. The smallest absolute Gasteiger partial charge is 0.163 e. The topological polar surface area (TPSA) is 54.4 Å². The molecule has 1 heterocycles. The molecule has 2 rings (SSSR count). The molecular weight excluding hydrogens is 320 g/mol. The van der Waals surface area contributed by atoms with Crippen LogP contribution in [0.2, 0.25) is 0 Å². The van der Waals surface area contributed by atoms with Crippen LogP contribution in [0.15, 0.2) is 33.9 Å². The van der Waals surface area contributed by atoms with E-state index in [0.717, 1.165) is 29.6 Å². The molecule has 2 unspecified atom stereocenters. The van der Waals surface area contributed by atoms with Crippen LogP contribution < -0.4 is 0 Å². The summed E-state index contributed by atoms with van der Waals surface area (Å²) in [6.45, 7) is 12.3. The molecule has 4 heteroatoms. The number of hydrogen-bond donors (Lipinski definition) is 1. The average Bonchev–Trinajstić information content (AvgIpc) is 2.64. The van der Waals surface area contributed by atoms with Gasteiger partial charge in [-0.25, -0.2) is 8.42 Å². The molecule has 24 heavy (non-hydrogen) atoms. The zero-order valence-electron chi connectivity index (χ0n) is 15.9. The third-order valence-electron chi connectivity index (χ3n) is 5.97. The van der Waals surface area contributed by atoms with Crippen molar-refractivity contribution >= 4 is 9.84 Å². The Morgan fingerprint density at radius 1 is 1.29 bits per heavy atom. The SMILES string of the molecule is CC1=C(C)C(C(O)/C(C)=C/CC2=C(C)CCCC2(C)C)S(=O)(=O)C1. The van der Waals surface area contributed by atoms with Crippen molar-refractivity contribution in [2.45, 2.75) is 78.6 Å². The third kappa shape index (κ3) is 3.70. The second kappa shape index (κ2) is 6.80. The maximum absolute atomic E-state index is 12.4. The molecule has 136 valence electrons. The fraction of sp³-hybridized carbons (Fsp3) is 0.700. The van der Waals surface area contributed by atoms with Gasteiger partial charge in [0.05, 0.1) is 11.9 Å². The molecule has 0 bridgehead atoms. The van der Waals surface area contributed by atoms with E-state index in [1.165, 1.54) is 24.0 Å². The van der Waals surface area contributed by atoms with Crippen LogP contribution in [-0.4, -0.2) is 30.6 Å². The van der Waals surface area contributed by atoms with E-state index in [9.17, 15) is 13.5 Å². The summed E-state index contributed by atoms with van der Waals surface area (Å²) in [5.41, 5.74) is 5.53. The first-order valence-electron chi connectivity index (χ1n) is 8.89. The van der Waals surface area contributed by atoms with E-state index >= 15 is 0 Å². The molecular formula is C20H32O3S. The summed E-state index contributed by atoms with van der Waals surface area (Å²) >= 11 is 0. The van der Waals surface area contributed by atoms with E-state index in [4.69, 9.17) is 0 Å². The van der Waals surface area contributed by atoms with Crippen LogP contribution in [0, 0.1) is 5.41 Å². The van der Waals surface area contributed by atoms with Gasteiger partial charge in [0.25, 0.3) is 0 Å². The van der Waals surface area contributed by atoms with Crippen molar-refractivity contribution in [3.05, 3.63) is 33.9 Å². The fourth-order valence-corrected chi connectivity index (χ4v) is 6.56. The van der Waals surface area contributed by atoms with Crippen molar-refractivity contribution in [2.24, 2.45) is 5.41 Å². The maximum Gasteiger partial charge on any atom is 0.163 e. The maximum atomic E-state index is 12.4. The van der Waals surface area contributed by atoms with Gasteiger partial charge in [0.1, 0.15) is 5.25 Å². The molecule has 0 aromatic heterocycles. The van der Waals surface area contributed by atoms with E-state index in [1.807, 2.05) is 26.8 Å². The second-order valence-electron chi connectivity index (χ2n) is 8.28. The van der Waals surface area contributed by atoms with Crippen LogP contribution in [0.3, 0.4) is 0 Å². The van der Waals surface area contributed by atoms with Crippen molar-refractivity contribution in [3.63, 3.8) is 0 Å². The average molecular weight is 353 g/mol. The fourth-order valence-electron chi connectivity index (χ4n) is 4.20. The summed E-state index contributed by atoms with van der Waals surface area (Å²) in [5, 5.41) is 9.89. The van der Waals surface area contributed by atoms with Gasteiger partial charge in [0.2, 0.25) is 0 Å². The third-order valence-corrected chi connectivity index (χ3v) is 8.19. The first-order chi connectivity index (χ1) is 11.0. The molecule has 0 fully saturated rings. The van der Waals surface area contributed by atoms with E-state index in [-0.39, 0.29) is 11.2 Å². The Hall–Kier alpha value is -0.870. The summed E-state index contributed by atoms with van der Waals surface area (Å²) in [5.74, 6) is 0.0745. The molecule has 1 aliphatic carbocycles. The van der Waals surface area contributed by atoms with Gasteiger partial charge in [0, 0.05) is 0 Å². The number of sulfone groups is 1. The summed E-state index contributed by atoms with van der Waals surface area (Å²) in [4.78, 5) is 0. The molecule has 0 amide bonds. The molecule has 0 saturated carbocycles. The number of hydrogen-bond acceptors (Lipinski definition) is 3. The lowest BCUT2D eigenvalue weighted by atomic mass is 9.71. The van der Waals surface area contributed by atoms with Crippen molar-refractivity contribution < 1.29 is 13.5 Å². The molecule has 2 aliphatic rings. The lowest BCUT2D eigenvalue weighted by Crippen LogP contribution is -2.33. The van der Waals surface area contributed by atoms with Crippen molar-refractivity contribution in [2.75, 3.05) is 5.75 Å². The minimum atomic E-state index is -3.28. The molecule has 0 aromatic rings. The molecule has 1 aliphatic heterocycles. The first-order valence-corrected chi connectivity index (χ1v) is 10.6. The normalized spacial score (nSPS) is 28.5. The van der Waals surface area contributed by atoms with Gasteiger partial charge in [-0.15, -0.1) is 0 Å². The van der Waals surface area contributed by atoms with Crippen molar-refractivity contribution in [1.82, 2.24) is 0 Å². The number of aliphatic hydroxyl groups excluding tert-OH is 1. The highest BCUT2D eigenvalue weighted by atomic mass is 32.2. The molecule has 0 aromatic carbocycles. The predicted molar refractivity (Wildman–Crippen MR) is 101 cm³/mol. The number of aliphatic hydroxyl groups is 1. The Morgan fingerprint density at radius 2 is 1.92 bits per heavy atom. The zero-order valence-corrected chi connectivity index (χ0v) is 16.8. The van der Waals surface area contributed by atoms with Gasteiger partial charge in [-0.1, -0.05) is 42.2 Å². The minimum absolute atomic E-state index is 0.0745. The lowest BCUT2D eigenvalue weighted by Gasteiger charge is -2.34. The standard InChI is InChI=1S/C20H32O3S/c1-13-8-7-11-20(5,6)17(13)10-9-14(2)18(21)19-16(4)15(3)12-24(19,22)23/h9,18-19,21H,7-8,10-12H2,1-6H3/b14-9+. The molecule has 0 saturated heterocycles. The molecule has 3 nitrogen and oxygen atoms in total.